The number of nitrogens with one attached hydrogen (secondary N) is 3. The molecule has 0 saturated carbocycles. The van der Waals surface area contributed by atoms with Gasteiger partial charge in [0.15, 0.2) is 5.69 Å². The predicted octanol–water partition coefficient (Wildman–Crippen LogP) is 3.21. The molecule has 3 aromatic rings. The van der Waals surface area contributed by atoms with Gasteiger partial charge in [-0.15, -0.1) is 5.10 Å². The fraction of sp³-hybridized carbons (Fsp3) is 0.348. The molecule has 37 heavy (non-hydrogen) atoms. The molecule has 14 heteroatoms. The van der Waals surface area contributed by atoms with Gasteiger partial charge in [0.1, 0.15) is 5.82 Å². The van der Waals surface area contributed by atoms with Crippen LogP contribution in [0.25, 0.3) is 0 Å². The number of carbonyl (C=O) groups excluding carboxylic acids is 1. The van der Waals surface area contributed by atoms with Gasteiger partial charge >= 0.3 is 6.18 Å². The van der Waals surface area contributed by atoms with Gasteiger partial charge in [-0.05, 0) is 43.7 Å². The monoisotopic (exact) mass is 542 g/mol. The van der Waals surface area contributed by atoms with Crippen molar-refractivity contribution in [2.75, 3.05) is 11.7 Å². The van der Waals surface area contributed by atoms with Crippen LogP contribution in [0.5, 0.6) is 0 Å². The summed E-state index contributed by atoms with van der Waals surface area (Å²) in [6, 6.07) is 9.11. The van der Waals surface area contributed by atoms with E-state index >= 15 is 0 Å². The zero-order valence-electron chi connectivity index (χ0n) is 20.2. The zero-order chi connectivity index (χ0) is 27.4. The number of hydrogen-bond acceptors (Lipinski definition) is 6. The van der Waals surface area contributed by atoms with E-state index < -0.39 is 45.6 Å². The molecular weight excluding hydrogens is 516 g/mol. The van der Waals surface area contributed by atoms with Crippen LogP contribution in [0.4, 0.5) is 17.6 Å². The summed E-state index contributed by atoms with van der Waals surface area (Å²) in [6.07, 6.45) is -2.19. The van der Waals surface area contributed by atoms with Crippen molar-refractivity contribution in [1.29, 1.82) is 0 Å². The first kappa shape index (κ1) is 28.1. The van der Waals surface area contributed by atoms with Gasteiger partial charge < -0.3 is 10.7 Å². The fourth-order valence-corrected chi connectivity index (χ4v) is 4.28. The van der Waals surface area contributed by atoms with Gasteiger partial charge in [0, 0.05) is 17.8 Å². The largest absolute Gasteiger partial charge is 0.435 e. The van der Waals surface area contributed by atoms with Crippen LogP contribution in [0, 0.1) is 5.82 Å². The topological polar surface area (TPSA) is 118 Å². The van der Waals surface area contributed by atoms with Crippen molar-refractivity contribution in [2.45, 2.75) is 45.1 Å². The Morgan fingerprint density at radius 3 is 2.43 bits per heavy atom. The molecule has 0 spiro atoms. The van der Waals surface area contributed by atoms with Gasteiger partial charge in [-0.3, -0.25) is 9.78 Å². The first-order valence-corrected chi connectivity index (χ1v) is 13.0. The molecule has 0 radical (unpaired) electrons. The van der Waals surface area contributed by atoms with Gasteiger partial charge in [-0.25, -0.2) is 17.5 Å². The van der Waals surface area contributed by atoms with Crippen molar-refractivity contribution in [2.24, 2.45) is 0 Å². The molecule has 0 bridgehead atoms. The number of benzene rings is 1. The molecule has 2 unspecified atom stereocenters. The van der Waals surface area contributed by atoms with Crippen molar-refractivity contribution < 1.29 is 30.8 Å². The molecule has 1 amide bonds. The fourth-order valence-electron chi connectivity index (χ4n) is 3.51. The second kappa shape index (κ2) is 11.3. The summed E-state index contributed by atoms with van der Waals surface area (Å²) in [5.41, 5.74) is 2.64. The highest BCUT2D eigenvalue weighted by molar-refractivity contribution is 7.88. The Kier molecular flexibility index (Phi) is 8.53. The number of pyridine rings is 1. The maximum atomic E-state index is 14.6. The molecular formula is C23H26F4N6O3S. The molecule has 2 aromatic heterocycles. The summed E-state index contributed by atoms with van der Waals surface area (Å²) in [6.45, 7) is 2.81. The molecule has 1 aromatic carbocycles. The maximum Gasteiger partial charge on any atom is 0.435 e. The number of halogens is 4. The third-order valence-corrected chi connectivity index (χ3v) is 6.21. The Bertz CT molecular complexity index is 1350. The summed E-state index contributed by atoms with van der Waals surface area (Å²) < 4.78 is 79.4. The second-order valence-corrected chi connectivity index (χ2v) is 10.2. The maximum absolute atomic E-state index is 14.6. The lowest BCUT2D eigenvalue weighted by Crippen LogP contribution is -2.30. The normalized spacial score (nSPS) is 13.7. The smallest absolute Gasteiger partial charge is 0.350 e. The third-order valence-electron chi connectivity index (χ3n) is 5.43. The number of rotatable bonds is 10. The Morgan fingerprint density at radius 2 is 1.84 bits per heavy atom. The summed E-state index contributed by atoms with van der Waals surface area (Å²) in [5.74, 6) is -2.10. The third kappa shape index (κ3) is 7.73. The Balaban J connectivity index is 1.70. The minimum absolute atomic E-state index is 0.0472. The molecule has 200 valence electrons. The Morgan fingerprint density at radius 1 is 1.11 bits per heavy atom. The SMILES string of the molecule is CC(NS(C)(=O)=O)c1ccc(C(C)C(=O)NCc2cc(C(F)(F)F)nn2NCc2ccccn2)cc1F. The Hall–Kier alpha value is -3.52. The quantitative estimate of drug-likeness (QED) is 0.339. The number of nitrogens with zero attached hydrogens (tertiary/aromatic N) is 3. The van der Waals surface area contributed by atoms with Gasteiger partial charge in [0.2, 0.25) is 15.9 Å². The van der Waals surface area contributed by atoms with Crippen LogP contribution in [-0.2, 0) is 34.1 Å². The highest BCUT2D eigenvalue weighted by atomic mass is 32.2. The molecule has 0 aliphatic rings. The summed E-state index contributed by atoms with van der Waals surface area (Å²) in [4.78, 5) is 17.8. The molecule has 0 saturated heterocycles. The number of amides is 1. The van der Waals surface area contributed by atoms with Gasteiger partial charge in [0.25, 0.3) is 0 Å². The van der Waals surface area contributed by atoms with Crippen molar-refractivity contribution in [3.63, 3.8) is 0 Å². The van der Waals surface area contributed by atoms with Crippen LogP contribution < -0.4 is 15.5 Å². The molecule has 2 atom stereocenters. The van der Waals surface area contributed by atoms with E-state index in [2.05, 4.69) is 25.5 Å². The average molecular weight is 543 g/mol. The van der Waals surface area contributed by atoms with Crippen LogP contribution >= 0.6 is 0 Å². The van der Waals surface area contributed by atoms with Crippen molar-refractivity contribution >= 4 is 15.9 Å². The van der Waals surface area contributed by atoms with Gasteiger partial charge in [-0.1, -0.05) is 18.2 Å². The van der Waals surface area contributed by atoms with Gasteiger partial charge in [-0.2, -0.15) is 18.0 Å². The first-order chi connectivity index (χ1) is 17.2. The minimum atomic E-state index is -4.69. The molecule has 3 N–H and O–H groups in total. The highest BCUT2D eigenvalue weighted by Crippen LogP contribution is 2.28. The van der Waals surface area contributed by atoms with E-state index in [9.17, 15) is 30.8 Å². The summed E-state index contributed by atoms with van der Waals surface area (Å²) in [5, 5.41) is 6.10. The number of hydrogen-bond donors (Lipinski definition) is 3. The molecule has 0 fully saturated rings. The second-order valence-electron chi connectivity index (χ2n) is 8.42. The Labute approximate surface area is 211 Å². The van der Waals surface area contributed by atoms with Gasteiger partial charge in [0.05, 0.1) is 36.7 Å². The zero-order valence-corrected chi connectivity index (χ0v) is 21.0. The number of aromatic nitrogens is 3. The summed E-state index contributed by atoms with van der Waals surface area (Å²) >= 11 is 0. The van der Waals surface area contributed by atoms with Crippen molar-refractivity contribution in [3.8, 4) is 0 Å². The van der Waals surface area contributed by atoms with E-state index in [0.717, 1.165) is 23.2 Å². The van der Waals surface area contributed by atoms with E-state index in [0.29, 0.717) is 11.3 Å². The average Bonchev–Trinajstić information content (AvgIpc) is 3.24. The van der Waals surface area contributed by atoms with Crippen LogP contribution in [0.2, 0.25) is 0 Å². The molecule has 3 rings (SSSR count). The van der Waals surface area contributed by atoms with E-state index in [4.69, 9.17) is 0 Å². The standard InChI is InChI=1S/C23H26F4N6O3S/c1-14(16-7-8-19(20(24)10-16)15(2)32-37(3,35)36)22(34)29-13-18-11-21(23(25,26)27)31-33(18)30-12-17-6-4-5-9-28-17/h4-11,14-15,30,32H,12-13H2,1-3H3,(H,29,34). The first-order valence-electron chi connectivity index (χ1n) is 11.1. The number of alkyl halides is 3. The molecule has 2 heterocycles. The highest BCUT2D eigenvalue weighted by Gasteiger charge is 2.35. The molecule has 0 aliphatic carbocycles. The van der Waals surface area contributed by atoms with E-state index in [-0.39, 0.29) is 24.3 Å². The van der Waals surface area contributed by atoms with Crippen LogP contribution in [-0.4, -0.2) is 35.5 Å². The van der Waals surface area contributed by atoms with E-state index in [1.165, 1.54) is 26.0 Å². The van der Waals surface area contributed by atoms with Crippen LogP contribution in [0.15, 0.2) is 48.7 Å². The lowest BCUT2D eigenvalue weighted by atomic mass is 9.97. The number of carbonyl (C=O) groups is 1. The minimum Gasteiger partial charge on any atom is -0.350 e. The van der Waals surface area contributed by atoms with Crippen molar-refractivity contribution in [3.05, 3.63) is 82.7 Å². The number of sulfonamides is 1. The van der Waals surface area contributed by atoms with Crippen molar-refractivity contribution in [1.82, 2.24) is 24.9 Å². The van der Waals surface area contributed by atoms with Crippen LogP contribution in [0.3, 0.4) is 0 Å². The molecule has 9 nitrogen and oxygen atoms in total. The molecule has 0 aliphatic heterocycles. The summed E-state index contributed by atoms with van der Waals surface area (Å²) in [7, 11) is -3.56. The van der Waals surface area contributed by atoms with E-state index in [1.54, 1.807) is 24.4 Å². The predicted molar refractivity (Wildman–Crippen MR) is 128 cm³/mol. The van der Waals surface area contributed by atoms with Crippen LogP contribution in [0.1, 0.15) is 54.0 Å². The lowest BCUT2D eigenvalue weighted by molar-refractivity contribution is -0.141. The van der Waals surface area contributed by atoms with E-state index in [1.807, 2.05) is 0 Å². The lowest BCUT2D eigenvalue weighted by Gasteiger charge is -2.17.